The normalized spacial score (nSPS) is 22.5. The number of nitrogens with one attached hydrogen (secondary N) is 4. The van der Waals surface area contributed by atoms with Crippen LogP contribution in [0, 0.1) is 17.8 Å². The maximum Gasteiger partial charge on any atom is 0.264 e. The molecule has 3 aromatic carbocycles. The lowest BCUT2D eigenvalue weighted by atomic mass is 9.81. The molecule has 1 unspecified atom stereocenters. The second kappa shape index (κ2) is 24.5. The Morgan fingerprint density at radius 3 is 2.27 bits per heavy atom. The second-order valence-corrected chi connectivity index (χ2v) is 23.8. The summed E-state index contributed by atoms with van der Waals surface area (Å²) in [5.74, 6) is 0.0931. The molecule has 2 atom stereocenters. The number of piperidine rings is 3. The van der Waals surface area contributed by atoms with E-state index >= 15 is 0 Å². The molecule has 21 heteroatoms. The minimum atomic E-state index is -1.26. The number of aromatic nitrogens is 2. The van der Waals surface area contributed by atoms with Gasteiger partial charge in [0.05, 0.1) is 39.2 Å². The first-order valence-electron chi connectivity index (χ1n) is 28.6. The number of pyridine rings is 1. The molecule has 1 saturated carbocycles. The maximum atomic E-state index is 14.3. The predicted octanol–water partition coefficient (Wildman–Crippen LogP) is 6.51. The lowest BCUT2D eigenvalue weighted by Gasteiger charge is -2.42. The van der Waals surface area contributed by atoms with Gasteiger partial charge >= 0.3 is 0 Å². The molecule has 11 rings (SSSR count). The van der Waals surface area contributed by atoms with Gasteiger partial charge in [-0.15, -0.1) is 11.3 Å². The van der Waals surface area contributed by atoms with E-state index in [1.807, 2.05) is 59.5 Å². The van der Waals surface area contributed by atoms with E-state index in [0.717, 1.165) is 85.8 Å². The number of imide groups is 1. The molecule has 426 valence electrons. The Morgan fingerprint density at radius 2 is 1.54 bits per heavy atom. The summed E-state index contributed by atoms with van der Waals surface area (Å²) in [5, 5.41) is 12.5. The number of halogens is 1. The highest BCUT2D eigenvalue weighted by atomic mass is 35.5. The minimum Gasteiger partial charge on any atom is -0.492 e. The average Bonchev–Trinajstić information content (AvgIpc) is 4.08. The van der Waals surface area contributed by atoms with Gasteiger partial charge in [0.15, 0.2) is 5.60 Å². The van der Waals surface area contributed by atoms with Gasteiger partial charge in [-0.2, -0.15) is 0 Å². The Bertz CT molecular complexity index is 3180. The molecule has 81 heavy (non-hydrogen) atoms. The van der Waals surface area contributed by atoms with Crippen LogP contribution in [-0.2, 0) is 33.6 Å². The van der Waals surface area contributed by atoms with Crippen molar-refractivity contribution in [2.45, 2.75) is 88.1 Å². The molecule has 5 aromatic rings. The molecule has 0 spiro atoms. The molecule has 5 fully saturated rings. The first-order chi connectivity index (χ1) is 39.3. The zero-order valence-corrected chi connectivity index (χ0v) is 47.2. The highest BCUT2D eigenvalue weighted by Gasteiger charge is 2.46. The molecule has 7 amide bonds. The number of thiazole rings is 1. The number of para-hydroxylation sites is 1. The van der Waals surface area contributed by atoms with E-state index in [1.165, 1.54) is 11.3 Å². The standard InChI is InChI=1S/C60H69ClN10O9S/c1-62-59(78)60(80-49-8-3-2-5-44(49)56-66-47-7-4-6-46(61)53(47)81-56)21-26-70(27-22-60)58(77)45-34-52(73)65-48-33-41(14-15-43(45)48)79-32-23-63-54(74)38-9-11-39(12-10-38)57(76)71-30-28-68(29-31-71)36-37-19-24-69(25-20-37)50-17-13-40(35-64-50)42-16-18-51(72)67-55(42)75/h2-8,13-15,17,33,35,37-39,42,45H,9-12,16,18-32,34,36H2,1H3,(H,62,78)(H,63,74)(H,65,73)(H,67,72,75)/t38?,39?,42?,45-/m0/s1. The number of fused-ring (bicyclic) bond motifs is 2. The van der Waals surface area contributed by atoms with Crippen molar-refractivity contribution >= 4 is 86.0 Å². The minimum absolute atomic E-state index is 0.0179. The van der Waals surface area contributed by atoms with Gasteiger partial charge in [0.1, 0.15) is 28.9 Å². The molecule has 1 aliphatic carbocycles. The Kier molecular flexibility index (Phi) is 16.9. The van der Waals surface area contributed by atoms with Gasteiger partial charge in [-0.1, -0.05) is 41.9 Å². The number of amides is 7. The Hall–Kier alpha value is -7.16. The predicted molar refractivity (Wildman–Crippen MR) is 307 cm³/mol. The summed E-state index contributed by atoms with van der Waals surface area (Å²) in [6, 6.07) is 22.3. The number of likely N-dealkylation sites (N-methyl/N-ethyl adjacent to an activating group) is 1. The molecule has 0 radical (unpaired) electrons. The molecule has 4 N–H and O–H groups in total. The van der Waals surface area contributed by atoms with Crippen LogP contribution in [-0.4, -0.2) is 151 Å². The van der Waals surface area contributed by atoms with Gasteiger partial charge in [0.25, 0.3) is 5.91 Å². The van der Waals surface area contributed by atoms with Crippen LogP contribution >= 0.6 is 22.9 Å². The number of hydrogen-bond acceptors (Lipinski definition) is 14. The SMILES string of the molecule is CNC(=O)C1(Oc2ccccc2-c2nc3cccc(Cl)c3s2)CCN(C(=O)[C@H]2CC(=O)Nc3cc(OCCNC(=O)C4CCC(C(=O)N5CCN(CC6CCN(c7ccc(C8CCC(=O)NC8=O)cn7)CC6)CC5)CC4)ccc32)CC1. The number of hydrogen-bond donors (Lipinski definition) is 4. The number of carbonyl (C=O) groups is 7. The summed E-state index contributed by atoms with van der Waals surface area (Å²) in [6.45, 7) is 6.96. The van der Waals surface area contributed by atoms with Crippen molar-refractivity contribution in [2.75, 3.05) is 89.3 Å². The molecule has 5 aliphatic heterocycles. The number of rotatable bonds is 15. The van der Waals surface area contributed by atoms with Crippen molar-refractivity contribution in [3.63, 3.8) is 0 Å². The van der Waals surface area contributed by atoms with Crippen LogP contribution in [0.1, 0.15) is 93.6 Å². The summed E-state index contributed by atoms with van der Waals surface area (Å²) >= 11 is 7.93. The highest BCUT2D eigenvalue weighted by Crippen LogP contribution is 2.42. The Morgan fingerprint density at radius 1 is 0.790 bits per heavy atom. The number of benzene rings is 3. The van der Waals surface area contributed by atoms with Crippen LogP contribution in [0.25, 0.3) is 20.8 Å². The monoisotopic (exact) mass is 1140 g/mol. The fourth-order valence-corrected chi connectivity index (χ4v) is 13.9. The third-order valence-corrected chi connectivity index (χ3v) is 18.9. The van der Waals surface area contributed by atoms with Crippen molar-refractivity contribution < 1.29 is 43.0 Å². The topological polar surface area (TPSA) is 225 Å². The van der Waals surface area contributed by atoms with Crippen molar-refractivity contribution in [3.8, 4) is 22.1 Å². The average molecular weight is 1140 g/mol. The Labute approximate surface area is 479 Å². The van der Waals surface area contributed by atoms with Crippen molar-refractivity contribution in [3.05, 3.63) is 95.1 Å². The summed E-state index contributed by atoms with van der Waals surface area (Å²) in [4.78, 5) is 110. The molecule has 7 heterocycles. The number of ether oxygens (including phenoxy) is 2. The van der Waals surface area contributed by atoms with Gasteiger partial charge in [-0.05, 0) is 98.4 Å². The molecule has 19 nitrogen and oxygen atoms in total. The fraction of sp³-hybridized carbons (Fsp3) is 0.483. The molecule has 2 aromatic heterocycles. The smallest absolute Gasteiger partial charge is 0.264 e. The first-order valence-corrected chi connectivity index (χ1v) is 29.8. The Balaban J connectivity index is 0.591. The molecular weight excluding hydrogens is 1070 g/mol. The fourth-order valence-electron chi connectivity index (χ4n) is 12.7. The van der Waals surface area contributed by atoms with Crippen LogP contribution in [0.4, 0.5) is 11.5 Å². The van der Waals surface area contributed by atoms with E-state index in [4.69, 9.17) is 26.1 Å². The number of piperazine rings is 1. The van der Waals surface area contributed by atoms with Crippen LogP contribution in [0.3, 0.4) is 0 Å². The van der Waals surface area contributed by atoms with E-state index in [1.54, 1.807) is 36.3 Å². The van der Waals surface area contributed by atoms with Crippen molar-refractivity contribution in [2.24, 2.45) is 17.8 Å². The van der Waals surface area contributed by atoms with Gasteiger partial charge in [-0.3, -0.25) is 43.8 Å². The van der Waals surface area contributed by atoms with Gasteiger partial charge in [0, 0.05) is 121 Å². The maximum absolute atomic E-state index is 14.3. The lowest BCUT2D eigenvalue weighted by Crippen LogP contribution is -2.58. The quantitative estimate of drug-likeness (QED) is 0.0650. The van der Waals surface area contributed by atoms with E-state index in [0.29, 0.717) is 77.2 Å². The van der Waals surface area contributed by atoms with Crippen molar-refractivity contribution in [1.82, 2.24) is 40.6 Å². The van der Waals surface area contributed by atoms with Crippen LogP contribution < -0.4 is 35.6 Å². The highest BCUT2D eigenvalue weighted by molar-refractivity contribution is 7.22. The van der Waals surface area contributed by atoms with Crippen LogP contribution in [0.15, 0.2) is 79.0 Å². The summed E-state index contributed by atoms with van der Waals surface area (Å²) in [5.41, 5.74) is 2.26. The van der Waals surface area contributed by atoms with E-state index in [2.05, 4.69) is 36.1 Å². The number of carbonyl (C=O) groups excluding carboxylic acids is 7. The lowest BCUT2D eigenvalue weighted by molar-refractivity contribution is -0.147. The van der Waals surface area contributed by atoms with Gasteiger partial charge in [-0.25, -0.2) is 9.97 Å². The molecule has 0 bridgehead atoms. The number of nitrogens with zero attached hydrogens (tertiary/aromatic N) is 6. The molecular formula is C60H69ClN10O9S. The van der Waals surface area contributed by atoms with Crippen molar-refractivity contribution in [1.29, 1.82) is 0 Å². The van der Waals surface area contributed by atoms with Crippen LogP contribution in [0.2, 0.25) is 5.02 Å². The van der Waals surface area contributed by atoms with Gasteiger partial charge in [0.2, 0.25) is 35.4 Å². The third kappa shape index (κ3) is 12.4. The summed E-state index contributed by atoms with van der Waals surface area (Å²) in [7, 11) is 1.57. The number of likely N-dealkylation sites (tertiary alicyclic amines) is 1. The zero-order valence-electron chi connectivity index (χ0n) is 45.6. The second-order valence-electron chi connectivity index (χ2n) is 22.4. The molecule has 4 saturated heterocycles. The van der Waals surface area contributed by atoms with Gasteiger partial charge < -0.3 is 40.1 Å². The number of anilines is 2. The van der Waals surface area contributed by atoms with Crippen LogP contribution in [0.5, 0.6) is 11.5 Å². The van der Waals surface area contributed by atoms with E-state index < -0.39 is 11.5 Å². The van der Waals surface area contributed by atoms with E-state index in [-0.39, 0.29) is 105 Å². The summed E-state index contributed by atoms with van der Waals surface area (Å²) < 4.78 is 13.6. The third-order valence-electron chi connectivity index (χ3n) is 17.3. The largest absolute Gasteiger partial charge is 0.492 e. The zero-order chi connectivity index (χ0) is 56.2. The first kappa shape index (κ1) is 55.7. The summed E-state index contributed by atoms with van der Waals surface area (Å²) in [6.07, 6.45) is 7.88. The molecule has 6 aliphatic rings. The van der Waals surface area contributed by atoms with E-state index in [9.17, 15) is 33.6 Å².